The normalized spacial score (nSPS) is 17.5. The number of carbonyl (C=O) groups is 1. The van der Waals surface area contributed by atoms with Crippen LogP contribution in [0.25, 0.3) is 11.4 Å². The SMILES string of the molecule is CC[C@@H]1CCCN(C(=O)Cc2c(C)nc(-c3cccnc3)[nH]c2=O)C1. The first-order valence-electron chi connectivity index (χ1n) is 8.86. The third kappa shape index (κ3) is 3.95. The Morgan fingerprint density at radius 1 is 1.44 bits per heavy atom. The third-order valence-electron chi connectivity index (χ3n) is 4.93. The Morgan fingerprint density at radius 3 is 2.96 bits per heavy atom. The zero-order valence-corrected chi connectivity index (χ0v) is 14.8. The van der Waals surface area contributed by atoms with Gasteiger partial charge in [0.05, 0.1) is 6.42 Å². The summed E-state index contributed by atoms with van der Waals surface area (Å²) in [6, 6.07) is 3.64. The summed E-state index contributed by atoms with van der Waals surface area (Å²) in [6.07, 6.45) is 6.74. The number of piperidine rings is 1. The van der Waals surface area contributed by atoms with E-state index >= 15 is 0 Å². The maximum atomic E-state index is 12.6. The van der Waals surface area contributed by atoms with Crippen LogP contribution in [0.3, 0.4) is 0 Å². The van der Waals surface area contributed by atoms with E-state index in [0.717, 1.165) is 31.5 Å². The third-order valence-corrected chi connectivity index (χ3v) is 4.93. The number of hydrogen-bond donors (Lipinski definition) is 1. The topological polar surface area (TPSA) is 79.0 Å². The fraction of sp³-hybridized carbons (Fsp3) is 0.474. The summed E-state index contributed by atoms with van der Waals surface area (Å²) in [5.41, 5.74) is 1.56. The van der Waals surface area contributed by atoms with Gasteiger partial charge in [0.2, 0.25) is 5.91 Å². The Kier molecular flexibility index (Phi) is 5.26. The zero-order valence-electron chi connectivity index (χ0n) is 14.8. The van der Waals surface area contributed by atoms with Gasteiger partial charge in [-0.05, 0) is 37.8 Å². The molecule has 0 spiro atoms. The van der Waals surface area contributed by atoms with Gasteiger partial charge in [-0.25, -0.2) is 4.98 Å². The number of hydrogen-bond acceptors (Lipinski definition) is 4. The molecule has 1 atom stereocenters. The molecule has 6 nitrogen and oxygen atoms in total. The van der Waals surface area contributed by atoms with Crippen molar-refractivity contribution in [1.82, 2.24) is 19.9 Å². The Hall–Kier alpha value is -2.50. The second-order valence-corrected chi connectivity index (χ2v) is 6.65. The highest BCUT2D eigenvalue weighted by atomic mass is 16.2. The Morgan fingerprint density at radius 2 is 2.28 bits per heavy atom. The van der Waals surface area contributed by atoms with Crippen LogP contribution in [0.5, 0.6) is 0 Å². The lowest BCUT2D eigenvalue weighted by Crippen LogP contribution is -2.41. The minimum Gasteiger partial charge on any atom is -0.342 e. The van der Waals surface area contributed by atoms with E-state index < -0.39 is 0 Å². The number of H-pyrrole nitrogens is 1. The molecule has 0 aliphatic carbocycles. The van der Waals surface area contributed by atoms with Crippen molar-refractivity contribution in [3.8, 4) is 11.4 Å². The van der Waals surface area contributed by atoms with E-state index in [9.17, 15) is 9.59 Å². The average Bonchev–Trinajstić information content (AvgIpc) is 2.65. The van der Waals surface area contributed by atoms with E-state index in [1.165, 1.54) is 6.42 Å². The first-order valence-corrected chi connectivity index (χ1v) is 8.86. The van der Waals surface area contributed by atoms with Gasteiger partial charge in [0.15, 0.2) is 0 Å². The van der Waals surface area contributed by atoms with Crippen LogP contribution >= 0.6 is 0 Å². The number of rotatable bonds is 4. The van der Waals surface area contributed by atoms with Gasteiger partial charge < -0.3 is 9.88 Å². The molecule has 25 heavy (non-hydrogen) atoms. The summed E-state index contributed by atoms with van der Waals surface area (Å²) in [7, 11) is 0. The molecule has 2 aromatic heterocycles. The fourth-order valence-corrected chi connectivity index (χ4v) is 3.35. The molecule has 3 rings (SSSR count). The number of amides is 1. The lowest BCUT2D eigenvalue weighted by atomic mass is 9.95. The molecule has 132 valence electrons. The zero-order chi connectivity index (χ0) is 17.8. The van der Waals surface area contributed by atoms with Crippen molar-refractivity contribution >= 4 is 5.91 Å². The van der Waals surface area contributed by atoms with Crippen LogP contribution in [0.15, 0.2) is 29.3 Å². The maximum absolute atomic E-state index is 12.6. The Balaban J connectivity index is 1.79. The maximum Gasteiger partial charge on any atom is 0.255 e. The largest absolute Gasteiger partial charge is 0.342 e. The van der Waals surface area contributed by atoms with Crippen LogP contribution in [0.1, 0.15) is 37.4 Å². The van der Waals surface area contributed by atoms with Gasteiger partial charge in [-0.15, -0.1) is 0 Å². The highest BCUT2D eigenvalue weighted by Gasteiger charge is 2.24. The standard InChI is InChI=1S/C19H24N4O2/c1-3-14-6-5-9-23(12-14)17(24)10-16-13(2)21-18(22-19(16)25)15-7-4-8-20-11-15/h4,7-8,11,14H,3,5-6,9-10,12H2,1-2H3,(H,21,22,25)/t14-/m1/s1. The van der Waals surface area contributed by atoms with Crippen molar-refractivity contribution in [2.75, 3.05) is 13.1 Å². The van der Waals surface area contributed by atoms with Crippen LogP contribution in [-0.4, -0.2) is 38.8 Å². The second-order valence-electron chi connectivity index (χ2n) is 6.65. The van der Waals surface area contributed by atoms with Crippen LogP contribution in [-0.2, 0) is 11.2 Å². The molecule has 1 aliphatic heterocycles. The predicted octanol–water partition coefficient (Wildman–Crippen LogP) is 2.33. The van der Waals surface area contributed by atoms with Crippen LogP contribution in [0, 0.1) is 12.8 Å². The summed E-state index contributed by atoms with van der Waals surface area (Å²) >= 11 is 0. The molecule has 1 aliphatic rings. The van der Waals surface area contributed by atoms with Crippen molar-refractivity contribution in [2.45, 2.75) is 39.5 Å². The first kappa shape index (κ1) is 17.3. The smallest absolute Gasteiger partial charge is 0.255 e. The molecule has 0 bridgehead atoms. The number of aryl methyl sites for hydroxylation is 1. The van der Waals surface area contributed by atoms with E-state index in [0.29, 0.717) is 23.0 Å². The number of pyridine rings is 1. The average molecular weight is 340 g/mol. The number of likely N-dealkylation sites (tertiary alicyclic amines) is 1. The van der Waals surface area contributed by atoms with Crippen molar-refractivity contribution in [2.24, 2.45) is 5.92 Å². The summed E-state index contributed by atoms with van der Waals surface area (Å²) in [5, 5.41) is 0. The molecular formula is C19H24N4O2. The Bertz CT molecular complexity index is 801. The van der Waals surface area contributed by atoms with Gasteiger partial charge in [0.1, 0.15) is 5.82 Å². The van der Waals surface area contributed by atoms with E-state index in [-0.39, 0.29) is 17.9 Å². The molecule has 0 unspecified atom stereocenters. The van der Waals surface area contributed by atoms with Gasteiger partial charge >= 0.3 is 0 Å². The molecular weight excluding hydrogens is 316 g/mol. The van der Waals surface area contributed by atoms with Gasteiger partial charge in [-0.2, -0.15) is 0 Å². The molecule has 0 radical (unpaired) electrons. The molecule has 1 N–H and O–H groups in total. The van der Waals surface area contributed by atoms with Gasteiger partial charge in [-0.1, -0.05) is 13.3 Å². The van der Waals surface area contributed by atoms with Crippen molar-refractivity contribution in [3.05, 3.63) is 46.1 Å². The van der Waals surface area contributed by atoms with Gasteiger partial charge in [0, 0.05) is 42.3 Å². The van der Waals surface area contributed by atoms with Crippen molar-refractivity contribution < 1.29 is 4.79 Å². The molecule has 1 amide bonds. The molecule has 1 fully saturated rings. The summed E-state index contributed by atoms with van der Waals surface area (Å²) in [5.74, 6) is 1.07. The minimum atomic E-state index is -0.247. The number of aromatic amines is 1. The van der Waals surface area contributed by atoms with Crippen LogP contribution in [0.2, 0.25) is 0 Å². The number of carbonyl (C=O) groups excluding carboxylic acids is 1. The van der Waals surface area contributed by atoms with Crippen LogP contribution in [0.4, 0.5) is 0 Å². The molecule has 6 heteroatoms. The summed E-state index contributed by atoms with van der Waals surface area (Å²) in [6.45, 7) is 5.53. The predicted molar refractivity (Wildman–Crippen MR) is 96.1 cm³/mol. The van der Waals surface area contributed by atoms with E-state index in [1.54, 1.807) is 25.4 Å². The van der Waals surface area contributed by atoms with E-state index in [4.69, 9.17) is 0 Å². The highest BCUT2D eigenvalue weighted by Crippen LogP contribution is 2.20. The lowest BCUT2D eigenvalue weighted by Gasteiger charge is -2.32. The Labute approximate surface area is 147 Å². The lowest BCUT2D eigenvalue weighted by molar-refractivity contribution is -0.132. The van der Waals surface area contributed by atoms with Crippen molar-refractivity contribution in [3.63, 3.8) is 0 Å². The van der Waals surface area contributed by atoms with Crippen molar-refractivity contribution in [1.29, 1.82) is 0 Å². The van der Waals surface area contributed by atoms with Crippen LogP contribution < -0.4 is 5.56 Å². The summed E-state index contributed by atoms with van der Waals surface area (Å²) in [4.78, 5) is 38.3. The minimum absolute atomic E-state index is 0.0164. The van der Waals surface area contributed by atoms with E-state index in [1.807, 2.05) is 11.0 Å². The molecule has 0 aromatic carbocycles. The molecule has 1 saturated heterocycles. The van der Waals surface area contributed by atoms with Gasteiger partial charge in [0.25, 0.3) is 5.56 Å². The first-order chi connectivity index (χ1) is 12.1. The number of aromatic nitrogens is 3. The number of nitrogens with one attached hydrogen (secondary N) is 1. The summed E-state index contributed by atoms with van der Waals surface area (Å²) < 4.78 is 0. The van der Waals surface area contributed by atoms with Gasteiger partial charge in [-0.3, -0.25) is 14.6 Å². The fourth-order valence-electron chi connectivity index (χ4n) is 3.35. The monoisotopic (exact) mass is 340 g/mol. The highest BCUT2D eigenvalue weighted by molar-refractivity contribution is 5.79. The molecule has 2 aromatic rings. The number of nitrogens with zero attached hydrogens (tertiary/aromatic N) is 3. The quantitative estimate of drug-likeness (QED) is 0.926. The molecule has 3 heterocycles. The molecule has 0 saturated carbocycles. The second kappa shape index (κ2) is 7.59. The van der Waals surface area contributed by atoms with E-state index in [2.05, 4.69) is 21.9 Å².